The highest BCUT2D eigenvalue weighted by Crippen LogP contribution is 2.26. The van der Waals surface area contributed by atoms with Crippen molar-refractivity contribution in [3.8, 4) is 17.4 Å². The Morgan fingerprint density at radius 3 is 2.43 bits per heavy atom. The van der Waals surface area contributed by atoms with Crippen LogP contribution in [0.2, 0.25) is 0 Å². The fraction of sp³-hybridized carbons (Fsp3) is 0.200. The smallest absolute Gasteiger partial charge is 0.290 e. The van der Waals surface area contributed by atoms with Crippen molar-refractivity contribution in [1.82, 2.24) is 4.98 Å². The zero-order valence-corrected chi connectivity index (χ0v) is 12.6. The van der Waals surface area contributed by atoms with Gasteiger partial charge in [0.1, 0.15) is 17.7 Å². The molecule has 8 heteroatoms. The predicted octanol–water partition coefficient (Wildman–Crippen LogP) is 2.34. The van der Waals surface area contributed by atoms with Gasteiger partial charge in [-0.05, 0) is 38.1 Å². The van der Waals surface area contributed by atoms with Crippen LogP contribution in [0.1, 0.15) is 12.5 Å². The molecule has 1 atom stereocenters. The number of hydrogen-bond acceptors (Lipinski definition) is 6. The quantitative estimate of drug-likeness (QED) is 0.645. The van der Waals surface area contributed by atoms with E-state index in [2.05, 4.69) is 4.98 Å². The molecule has 0 bridgehead atoms. The van der Waals surface area contributed by atoms with Crippen molar-refractivity contribution >= 4 is 11.6 Å². The normalized spacial score (nSPS) is 11.6. The summed E-state index contributed by atoms with van der Waals surface area (Å²) in [6.45, 7) is 3.16. The fourth-order valence-corrected chi connectivity index (χ4v) is 1.74. The molecule has 1 unspecified atom stereocenters. The Morgan fingerprint density at radius 1 is 1.30 bits per heavy atom. The summed E-state index contributed by atoms with van der Waals surface area (Å²) in [5.41, 5.74) is 5.50. The van der Waals surface area contributed by atoms with Crippen molar-refractivity contribution in [1.29, 1.82) is 0 Å². The molecule has 1 heterocycles. The first kappa shape index (κ1) is 16.2. The Kier molecular flexibility index (Phi) is 4.75. The molecule has 0 aliphatic rings. The number of pyridine rings is 1. The minimum Gasteiger partial charge on any atom is -0.481 e. The van der Waals surface area contributed by atoms with Gasteiger partial charge in [-0.3, -0.25) is 14.9 Å². The highest BCUT2D eigenvalue weighted by atomic mass is 16.6. The van der Waals surface area contributed by atoms with Crippen molar-refractivity contribution in [2.45, 2.75) is 20.0 Å². The van der Waals surface area contributed by atoms with Gasteiger partial charge in [0.25, 0.3) is 11.6 Å². The number of nitro groups is 1. The summed E-state index contributed by atoms with van der Waals surface area (Å²) in [4.78, 5) is 25.1. The van der Waals surface area contributed by atoms with Crippen LogP contribution in [0.3, 0.4) is 0 Å². The van der Waals surface area contributed by atoms with Crippen LogP contribution in [-0.2, 0) is 4.79 Å². The van der Waals surface area contributed by atoms with E-state index in [4.69, 9.17) is 15.2 Å². The average Bonchev–Trinajstić information content (AvgIpc) is 2.48. The molecular weight excluding hydrogens is 302 g/mol. The van der Waals surface area contributed by atoms with E-state index in [0.29, 0.717) is 17.1 Å². The van der Waals surface area contributed by atoms with Crippen LogP contribution < -0.4 is 15.2 Å². The number of benzene rings is 1. The summed E-state index contributed by atoms with van der Waals surface area (Å²) in [6.07, 6.45) is 0.414. The molecule has 0 saturated heterocycles. The first-order valence-corrected chi connectivity index (χ1v) is 6.71. The van der Waals surface area contributed by atoms with E-state index in [9.17, 15) is 14.9 Å². The molecule has 0 aliphatic carbocycles. The number of carbonyl (C=O) groups excluding carboxylic acids is 1. The minimum atomic E-state index is -0.735. The highest BCUT2D eigenvalue weighted by molar-refractivity contribution is 5.78. The molecule has 1 aromatic heterocycles. The maximum atomic E-state index is 10.9. The zero-order valence-electron chi connectivity index (χ0n) is 12.6. The van der Waals surface area contributed by atoms with E-state index >= 15 is 0 Å². The number of carbonyl (C=O) groups is 1. The van der Waals surface area contributed by atoms with Crippen molar-refractivity contribution in [2.24, 2.45) is 5.73 Å². The molecule has 2 N–H and O–H groups in total. The monoisotopic (exact) mass is 317 g/mol. The van der Waals surface area contributed by atoms with Crippen molar-refractivity contribution in [3.05, 3.63) is 52.2 Å². The summed E-state index contributed by atoms with van der Waals surface area (Å²) >= 11 is 0. The molecule has 0 aliphatic heterocycles. The molecule has 120 valence electrons. The molecule has 1 amide bonds. The summed E-state index contributed by atoms with van der Waals surface area (Å²) < 4.78 is 10.8. The number of rotatable bonds is 6. The van der Waals surface area contributed by atoms with Crippen LogP contribution in [0.15, 0.2) is 36.5 Å². The van der Waals surface area contributed by atoms with Crippen LogP contribution in [0.25, 0.3) is 0 Å². The van der Waals surface area contributed by atoms with Gasteiger partial charge in [0.15, 0.2) is 6.10 Å². The Hall–Kier alpha value is -3.16. The Balaban J connectivity index is 2.08. The van der Waals surface area contributed by atoms with E-state index in [-0.39, 0.29) is 11.6 Å². The minimum absolute atomic E-state index is 0.0680. The number of primary amides is 1. The van der Waals surface area contributed by atoms with Gasteiger partial charge in [-0.25, -0.2) is 4.98 Å². The molecule has 2 aromatic rings. The average molecular weight is 317 g/mol. The third-order valence-electron chi connectivity index (χ3n) is 3.01. The molecular formula is C15H15N3O5. The van der Waals surface area contributed by atoms with E-state index < -0.39 is 16.9 Å². The van der Waals surface area contributed by atoms with E-state index in [0.717, 1.165) is 6.20 Å². The van der Waals surface area contributed by atoms with E-state index in [1.807, 2.05) is 0 Å². The largest absolute Gasteiger partial charge is 0.481 e. The first-order valence-electron chi connectivity index (χ1n) is 6.71. The van der Waals surface area contributed by atoms with Crippen LogP contribution >= 0.6 is 0 Å². The second-order valence-corrected chi connectivity index (χ2v) is 4.80. The lowest BCUT2D eigenvalue weighted by Gasteiger charge is -2.11. The summed E-state index contributed by atoms with van der Waals surface area (Å²) in [7, 11) is 0. The molecule has 2 rings (SSSR count). The molecule has 0 spiro atoms. The third kappa shape index (κ3) is 4.16. The number of nitrogens with two attached hydrogens (primary N) is 1. The number of hydrogen-bond donors (Lipinski definition) is 1. The second-order valence-electron chi connectivity index (χ2n) is 4.80. The fourth-order valence-electron chi connectivity index (χ4n) is 1.74. The Labute approximate surface area is 132 Å². The van der Waals surface area contributed by atoms with Crippen molar-refractivity contribution in [3.63, 3.8) is 0 Å². The topological polar surface area (TPSA) is 118 Å². The molecule has 1 aromatic carbocycles. The summed E-state index contributed by atoms with van der Waals surface area (Å²) in [5.74, 6) is 0.629. The first-order chi connectivity index (χ1) is 10.9. The van der Waals surface area contributed by atoms with Gasteiger partial charge < -0.3 is 15.2 Å². The van der Waals surface area contributed by atoms with Gasteiger partial charge in [0.05, 0.1) is 4.92 Å². The lowest BCUT2D eigenvalue weighted by Crippen LogP contribution is -2.30. The Bertz CT molecular complexity index is 730. The zero-order chi connectivity index (χ0) is 17.0. The van der Waals surface area contributed by atoms with Gasteiger partial charge in [-0.2, -0.15) is 0 Å². The maximum absolute atomic E-state index is 10.9. The van der Waals surface area contributed by atoms with Crippen molar-refractivity contribution < 1.29 is 19.2 Å². The number of ether oxygens (including phenoxy) is 2. The Morgan fingerprint density at radius 2 is 1.91 bits per heavy atom. The lowest BCUT2D eigenvalue weighted by atomic mass is 10.2. The van der Waals surface area contributed by atoms with Gasteiger partial charge >= 0.3 is 0 Å². The third-order valence-corrected chi connectivity index (χ3v) is 3.01. The van der Waals surface area contributed by atoms with Gasteiger partial charge in [-0.1, -0.05) is 0 Å². The van der Waals surface area contributed by atoms with Crippen LogP contribution in [-0.4, -0.2) is 21.9 Å². The number of nitrogens with zero attached hydrogens (tertiary/aromatic N) is 2. The number of aryl methyl sites for hydroxylation is 1. The van der Waals surface area contributed by atoms with Gasteiger partial charge in [-0.15, -0.1) is 0 Å². The maximum Gasteiger partial charge on any atom is 0.290 e. The molecule has 23 heavy (non-hydrogen) atoms. The molecule has 0 saturated carbocycles. The van der Waals surface area contributed by atoms with Crippen LogP contribution in [0.5, 0.6) is 17.4 Å². The van der Waals surface area contributed by atoms with Gasteiger partial charge in [0.2, 0.25) is 5.88 Å². The molecule has 8 nitrogen and oxygen atoms in total. The number of aromatic nitrogens is 1. The van der Waals surface area contributed by atoms with E-state index in [1.165, 1.54) is 6.07 Å². The summed E-state index contributed by atoms with van der Waals surface area (Å²) in [5, 5.41) is 10.7. The number of amides is 1. The van der Waals surface area contributed by atoms with Crippen LogP contribution in [0, 0.1) is 17.0 Å². The predicted molar refractivity (Wildman–Crippen MR) is 81.4 cm³/mol. The SMILES string of the molecule is Cc1cc(Oc2ccc(OC(C)C(N)=O)cc2)ncc1[N+](=O)[O-]. The molecule has 0 fully saturated rings. The van der Waals surface area contributed by atoms with Crippen LogP contribution in [0.4, 0.5) is 5.69 Å². The standard InChI is InChI=1S/C15H15N3O5/c1-9-7-14(17-8-13(9)18(20)21)23-12-5-3-11(4-6-12)22-10(2)15(16)19/h3-8,10H,1-2H3,(H2,16,19). The van der Waals surface area contributed by atoms with Crippen molar-refractivity contribution in [2.75, 3.05) is 0 Å². The lowest BCUT2D eigenvalue weighted by molar-refractivity contribution is -0.385. The summed E-state index contributed by atoms with van der Waals surface area (Å²) in [6, 6.07) is 7.97. The molecule has 0 radical (unpaired) electrons. The second kappa shape index (κ2) is 6.73. The van der Waals surface area contributed by atoms with Gasteiger partial charge in [0, 0.05) is 11.6 Å². The highest BCUT2D eigenvalue weighted by Gasteiger charge is 2.13. The van der Waals surface area contributed by atoms with E-state index in [1.54, 1.807) is 38.1 Å².